The second-order valence-corrected chi connectivity index (χ2v) is 6.48. The van der Waals surface area contributed by atoms with Crippen LogP contribution in [0.1, 0.15) is 30.9 Å². The summed E-state index contributed by atoms with van der Waals surface area (Å²) in [5.41, 5.74) is 1.04. The number of piperidine rings is 1. The average molecular weight is 347 g/mol. The van der Waals surface area contributed by atoms with Gasteiger partial charge in [-0.2, -0.15) is 0 Å². The van der Waals surface area contributed by atoms with Crippen LogP contribution in [0.4, 0.5) is 0 Å². The van der Waals surface area contributed by atoms with Gasteiger partial charge in [-0.3, -0.25) is 14.6 Å². The van der Waals surface area contributed by atoms with E-state index in [0.29, 0.717) is 26.1 Å². The predicted molar refractivity (Wildman–Crippen MR) is 90.7 cm³/mol. The molecule has 136 valence electrons. The Labute approximate surface area is 147 Å². The SMILES string of the molecule is COCCC(=O)N1CCC(N2C(=O)[C@H](OC)[C@@H]2c2ccncc2)CC1. The lowest BCUT2D eigenvalue weighted by Crippen LogP contribution is -2.64. The molecule has 0 N–H and O–H groups in total. The molecule has 2 saturated heterocycles. The van der Waals surface area contributed by atoms with Gasteiger partial charge in [-0.15, -0.1) is 0 Å². The van der Waals surface area contributed by atoms with Gasteiger partial charge in [0.25, 0.3) is 5.91 Å². The molecule has 0 radical (unpaired) electrons. The minimum Gasteiger partial charge on any atom is -0.384 e. The molecular formula is C18H25N3O4. The number of rotatable bonds is 6. The molecule has 0 unspecified atom stereocenters. The number of aromatic nitrogens is 1. The molecule has 7 heteroatoms. The van der Waals surface area contributed by atoms with Crippen molar-refractivity contribution in [1.82, 2.24) is 14.8 Å². The molecule has 2 fully saturated rings. The fourth-order valence-corrected chi connectivity index (χ4v) is 3.76. The predicted octanol–water partition coefficient (Wildman–Crippen LogP) is 1.01. The molecule has 2 aliphatic rings. The number of pyridine rings is 1. The Morgan fingerprint density at radius 3 is 2.52 bits per heavy atom. The van der Waals surface area contributed by atoms with Gasteiger partial charge >= 0.3 is 0 Å². The highest BCUT2D eigenvalue weighted by Gasteiger charge is 2.51. The highest BCUT2D eigenvalue weighted by Crippen LogP contribution is 2.40. The number of hydrogen-bond donors (Lipinski definition) is 0. The van der Waals surface area contributed by atoms with E-state index in [1.807, 2.05) is 21.9 Å². The number of nitrogens with zero attached hydrogens (tertiary/aromatic N) is 3. The first kappa shape index (κ1) is 17.8. The van der Waals surface area contributed by atoms with Crippen LogP contribution in [0, 0.1) is 0 Å². The summed E-state index contributed by atoms with van der Waals surface area (Å²) in [5, 5.41) is 0. The number of carbonyl (C=O) groups excluding carboxylic acids is 2. The molecule has 1 aromatic heterocycles. The van der Waals surface area contributed by atoms with Crippen molar-refractivity contribution < 1.29 is 19.1 Å². The van der Waals surface area contributed by atoms with Crippen LogP contribution in [-0.2, 0) is 19.1 Å². The van der Waals surface area contributed by atoms with Crippen molar-refractivity contribution in [2.75, 3.05) is 33.9 Å². The van der Waals surface area contributed by atoms with Crippen LogP contribution in [0.15, 0.2) is 24.5 Å². The molecule has 2 atom stereocenters. The second kappa shape index (κ2) is 7.93. The van der Waals surface area contributed by atoms with Crippen molar-refractivity contribution in [3.05, 3.63) is 30.1 Å². The zero-order valence-electron chi connectivity index (χ0n) is 14.8. The maximum absolute atomic E-state index is 12.5. The lowest BCUT2D eigenvalue weighted by molar-refractivity contribution is -0.178. The highest BCUT2D eigenvalue weighted by molar-refractivity contribution is 5.89. The van der Waals surface area contributed by atoms with Gasteiger partial charge < -0.3 is 19.3 Å². The van der Waals surface area contributed by atoms with Gasteiger partial charge in [0.1, 0.15) is 0 Å². The normalized spacial score (nSPS) is 24.3. The van der Waals surface area contributed by atoms with Gasteiger partial charge in [-0.05, 0) is 30.5 Å². The number of hydrogen-bond acceptors (Lipinski definition) is 5. The lowest BCUT2D eigenvalue weighted by atomic mass is 9.86. The van der Waals surface area contributed by atoms with Crippen LogP contribution >= 0.6 is 0 Å². The van der Waals surface area contributed by atoms with E-state index in [0.717, 1.165) is 18.4 Å². The molecule has 25 heavy (non-hydrogen) atoms. The minimum absolute atomic E-state index is 0.0356. The molecule has 0 aromatic carbocycles. The van der Waals surface area contributed by atoms with Crippen molar-refractivity contribution in [3.63, 3.8) is 0 Å². The Morgan fingerprint density at radius 2 is 1.92 bits per heavy atom. The van der Waals surface area contributed by atoms with E-state index in [1.165, 1.54) is 0 Å². The molecule has 2 amide bonds. The third-order valence-corrected chi connectivity index (χ3v) is 5.12. The minimum atomic E-state index is -0.427. The van der Waals surface area contributed by atoms with Crippen molar-refractivity contribution in [2.24, 2.45) is 0 Å². The molecule has 0 spiro atoms. The van der Waals surface area contributed by atoms with Crippen molar-refractivity contribution in [3.8, 4) is 0 Å². The molecule has 3 rings (SSSR count). The second-order valence-electron chi connectivity index (χ2n) is 6.48. The zero-order valence-corrected chi connectivity index (χ0v) is 14.8. The van der Waals surface area contributed by atoms with E-state index in [1.54, 1.807) is 26.6 Å². The Morgan fingerprint density at radius 1 is 1.24 bits per heavy atom. The molecular weight excluding hydrogens is 322 g/mol. The van der Waals surface area contributed by atoms with Crippen molar-refractivity contribution in [1.29, 1.82) is 0 Å². The smallest absolute Gasteiger partial charge is 0.255 e. The average Bonchev–Trinajstić information content (AvgIpc) is 2.65. The summed E-state index contributed by atoms with van der Waals surface area (Å²) in [6.45, 7) is 1.80. The Bertz CT molecular complexity index is 602. The Kier molecular flexibility index (Phi) is 5.65. The fourth-order valence-electron chi connectivity index (χ4n) is 3.76. The maximum Gasteiger partial charge on any atom is 0.255 e. The van der Waals surface area contributed by atoms with Gasteiger partial charge in [0.15, 0.2) is 6.10 Å². The number of likely N-dealkylation sites (tertiary alicyclic amines) is 2. The van der Waals surface area contributed by atoms with Crippen LogP contribution in [0.25, 0.3) is 0 Å². The van der Waals surface area contributed by atoms with Crippen molar-refractivity contribution >= 4 is 11.8 Å². The zero-order chi connectivity index (χ0) is 17.8. The topological polar surface area (TPSA) is 72.0 Å². The van der Waals surface area contributed by atoms with Gasteiger partial charge in [0.05, 0.1) is 19.1 Å². The quantitative estimate of drug-likeness (QED) is 0.718. The third-order valence-electron chi connectivity index (χ3n) is 5.12. The fraction of sp³-hybridized carbons (Fsp3) is 0.611. The van der Waals surface area contributed by atoms with E-state index in [2.05, 4.69) is 4.98 Å². The molecule has 3 heterocycles. The molecule has 0 saturated carbocycles. The Balaban J connectivity index is 1.64. The maximum atomic E-state index is 12.5. The number of amides is 2. The highest BCUT2D eigenvalue weighted by atomic mass is 16.5. The molecule has 2 aliphatic heterocycles. The summed E-state index contributed by atoms with van der Waals surface area (Å²) in [7, 11) is 3.17. The lowest BCUT2D eigenvalue weighted by Gasteiger charge is -2.52. The first-order valence-electron chi connectivity index (χ1n) is 8.69. The first-order chi connectivity index (χ1) is 12.2. The van der Waals surface area contributed by atoms with Gasteiger partial charge in [0, 0.05) is 45.7 Å². The standard InChI is InChI=1S/C18H25N3O4/c1-24-12-7-15(22)20-10-5-14(6-11-20)21-16(17(25-2)18(21)23)13-3-8-19-9-4-13/h3-4,8-9,14,16-17H,5-7,10-12H2,1-2H3/t16-,17+/m0/s1. The molecule has 0 bridgehead atoms. The number of methoxy groups -OCH3 is 2. The summed E-state index contributed by atoms with van der Waals surface area (Å²) in [6.07, 6.45) is 5.05. The van der Waals surface area contributed by atoms with E-state index < -0.39 is 6.10 Å². The summed E-state index contributed by atoms with van der Waals surface area (Å²) < 4.78 is 10.4. The summed E-state index contributed by atoms with van der Waals surface area (Å²) in [5.74, 6) is 0.157. The number of β-lactam (4-membered cyclic amide) rings is 1. The van der Waals surface area contributed by atoms with Crippen LogP contribution in [-0.4, -0.2) is 72.7 Å². The third kappa shape index (κ3) is 3.52. The summed E-state index contributed by atoms with van der Waals surface area (Å²) >= 11 is 0. The van der Waals surface area contributed by atoms with E-state index in [-0.39, 0.29) is 23.9 Å². The van der Waals surface area contributed by atoms with Crippen LogP contribution in [0.2, 0.25) is 0 Å². The molecule has 1 aromatic rings. The van der Waals surface area contributed by atoms with Gasteiger partial charge in [-0.1, -0.05) is 0 Å². The summed E-state index contributed by atoms with van der Waals surface area (Å²) in [6, 6.07) is 3.93. The van der Waals surface area contributed by atoms with Crippen LogP contribution in [0.5, 0.6) is 0 Å². The van der Waals surface area contributed by atoms with E-state index in [4.69, 9.17) is 9.47 Å². The van der Waals surface area contributed by atoms with Crippen LogP contribution < -0.4 is 0 Å². The van der Waals surface area contributed by atoms with Crippen LogP contribution in [0.3, 0.4) is 0 Å². The largest absolute Gasteiger partial charge is 0.384 e. The van der Waals surface area contributed by atoms with E-state index in [9.17, 15) is 9.59 Å². The van der Waals surface area contributed by atoms with Gasteiger partial charge in [0.2, 0.25) is 5.91 Å². The molecule has 7 nitrogen and oxygen atoms in total. The monoisotopic (exact) mass is 347 g/mol. The van der Waals surface area contributed by atoms with Crippen molar-refractivity contribution in [2.45, 2.75) is 37.5 Å². The first-order valence-corrected chi connectivity index (χ1v) is 8.69. The number of ether oxygens (including phenoxy) is 2. The summed E-state index contributed by atoms with van der Waals surface area (Å²) in [4.78, 5) is 32.5. The van der Waals surface area contributed by atoms with Gasteiger partial charge in [-0.25, -0.2) is 0 Å². The molecule has 0 aliphatic carbocycles. The number of carbonyl (C=O) groups is 2. The Hall–Kier alpha value is -1.99. The van der Waals surface area contributed by atoms with E-state index >= 15 is 0 Å².